The molecule has 5 atom stereocenters. The lowest BCUT2D eigenvalue weighted by atomic mass is 10.1. The van der Waals surface area contributed by atoms with E-state index in [9.17, 15) is 19.5 Å². The Bertz CT molecular complexity index is 1080. The third kappa shape index (κ3) is 6.75. The number of ether oxygens (including phenoxy) is 1. The first kappa shape index (κ1) is 27.0. The maximum atomic E-state index is 12.9. The van der Waals surface area contributed by atoms with E-state index >= 15 is 0 Å². The molecule has 10 nitrogen and oxygen atoms in total. The zero-order chi connectivity index (χ0) is 25.7. The highest BCUT2D eigenvalue weighted by molar-refractivity contribution is 9.10. The number of aliphatic hydroxyl groups is 1. The third-order valence-electron chi connectivity index (χ3n) is 6.06. The van der Waals surface area contributed by atoms with E-state index in [2.05, 4.69) is 37.0 Å². The van der Waals surface area contributed by atoms with Gasteiger partial charge in [-0.25, -0.2) is 5.43 Å². The number of hydrogen-bond donors (Lipinski definition) is 4. The summed E-state index contributed by atoms with van der Waals surface area (Å²) in [6.45, 7) is 5.34. The highest BCUT2D eigenvalue weighted by Crippen LogP contribution is 2.21. The maximum absolute atomic E-state index is 12.9. The monoisotopic (exact) mass is 549 g/mol. The zero-order valence-corrected chi connectivity index (χ0v) is 21.8. The number of benzene rings is 1. The molecule has 1 saturated heterocycles. The van der Waals surface area contributed by atoms with Crippen molar-refractivity contribution in [2.45, 2.75) is 63.9 Å². The lowest BCUT2D eigenvalue weighted by Crippen LogP contribution is -2.61. The van der Waals surface area contributed by atoms with Crippen molar-refractivity contribution in [3.05, 3.63) is 40.5 Å². The number of nitrogens with zero attached hydrogens (tertiary/aromatic N) is 2. The van der Waals surface area contributed by atoms with Gasteiger partial charge < -0.3 is 20.5 Å². The molecule has 3 amide bonds. The SMILES string of the molecule is CO[C@@H](C)C(O)C(=O)N[C@@H](C)C(=O)N1CCC[C@@H](C(=O)N[C@H](C)c2ccc3ccc(Br)cc3n2)N1. The Balaban J connectivity index is 1.58. The lowest BCUT2D eigenvalue weighted by molar-refractivity contribution is -0.146. The molecule has 190 valence electrons. The first-order valence-corrected chi connectivity index (χ1v) is 12.4. The summed E-state index contributed by atoms with van der Waals surface area (Å²) in [5.74, 6) is -1.34. The van der Waals surface area contributed by atoms with Gasteiger partial charge in [-0.15, -0.1) is 0 Å². The number of amides is 3. The highest BCUT2D eigenvalue weighted by atomic mass is 79.9. The number of nitrogens with one attached hydrogen (secondary N) is 3. The van der Waals surface area contributed by atoms with E-state index in [1.165, 1.54) is 19.0 Å². The van der Waals surface area contributed by atoms with Crippen molar-refractivity contribution < 1.29 is 24.2 Å². The van der Waals surface area contributed by atoms with E-state index in [1.54, 1.807) is 6.92 Å². The molecular formula is C24H32BrN5O5. The Morgan fingerprint density at radius 2 is 1.91 bits per heavy atom. The molecule has 1 unspecified atom stereocenters. The molecular weight excluding hydrogens is 518 g/mol. The Hall–Kier alpha value is -2.60. The van der Waals surface area contributed by atoms with Gasteiger partial charge in [0.25, 0.3) is 11.8 Å². The minimum Gasteiger partial charge on any atom is -0.381 e. The number of aromatic nitrogens is 1. The van der Waals surface area contributed by atoms with Gasteiger partial charge in [-0.1, -0.05) is 28.1 Å². The summed E-state index contributed by atoms with van der Waals surface area (Å²) in [6.07, 6.45) is -0.920. The molecule has 3 rings (SSSR count). The van der Waals surface area contributed by atoms with Crippen molar-refractivity contribution >= 4 is 44.6 Å². The molecule has 0 saturated carbocycles. The van der Waals surface area contributed by atoms with Crippen molar-refractivity contribution in [2.24, 2.45) is 0 Å². The van der Waals surface area contributed by atoms with Gasteiger partial charge in [-0.2, -0.15) is 0 Å². The Morgan fingerprint density at radius 3 is 2.63 bits per heavy atom. The number of hydrogen-bond acceptors (Lipinski definition) is 7. The third-order valence-corrected chi connectivity index (χ3v) is 6.55. The maximum Gasteiger partial charge on any atom is 0.258 e. The Kier molecular flexibility index (Phi) is 9.17. The fourth-order valence-corrected chi connectivity index (χ4v) is 4.15. The van der Waals surface area contributed by atoms with Crippen LogP contribution in [0.2, 0.25) is 0 Å². The average molecular weight is 550 g/mol. The van der Waals surface area contributed by atoms with E-state index in [-0.39, 0.29) is 11.9 Å². The summed E-state index contributed by atoms with van der Waals surface area (Å²) in [6, 6.07) is 7.86. The van der Waals surface area contributed by atoms with Crippen LogP contribution < -0.4 is 16.1 Å². The summed E-state index contributed by atoms with van der Waals surface area (Å²) in [5, 5.41) is 17.8. The second-order valence-corrected chi connectivity index (χ2v) is 9.65. The zero-order valence-electron chi connectivity index (χ0n) is 20.2. The molecule has 0 aliphatic carbocycles. The number of pyridine rings is 1. The molecule has 2 aromatic rings. The molecule has 1 aromatic heterocycles. The van der Waals surface area contributed by atoms with Gasteiger partial charge in [-0.3, -0.25) is 24.4 Å². The number of halogens is 1. The molecule has 1 aliphatic heterocycles. The Labute approximate surface area is 212 Å². The van der Waals surface area contributed by atoms with E-state index in [4.69, 9.17) is 4.74 Å². The number of aliphatic hydroxyl groups excluding tert-OH is 1. The van der Waals surface area contributed by atoms with Crippen LogP contribution in [-0.2, 0) is 19.1 Å². The van der Waals surface area contributed by atoms with Gasteiger partial charge in [0.1, 0.15) is 12.1 Å². The van der Waals surface area contributed by atoms with Crippen LogP contribution in [0, 0.1) is 0 Å². The molecule has 1 aliphatic rings. The van der Waals surface area contributed by atoms with Crippen LogP contribution in [0.4, 0.5) is 0 Å². The van der Waals surface area contributed by atoms with Crippen LogP contribution in [0.25, 0.3) is 10.9 Å². The highest BCUT2D eigenvalue weighted by Gasteiger charge is 2.32. The minimum absolute atomic E-state index is 0.243. The minimum atomic E-state index is -1.39. The van der Waals surface area contributed by atoms with Gasteiger partial charge in [0.05, 0.1) is 23.4 Å². The van der Waals surface area contributed by atoms with Crippen LogP contribution >= 0.6 is 15.9 Å². The molecule has 35 heavy (non-hydrogen) atoms. The number of fused-ring (bicyclic) bond motifs is 1. The summed E-state index contributed by atoms with van der Waals surface area (Å²) in [7, 11) is 1.38. The van der Waals surface area contributed by atoms with Crippen LogP contribution in [-0.4, -0.2) is 70.8 Å². The van der Waals surface area contributed by atoms with E-state index in [0.717, 1.165) is 21.1 Å². The molecule has 1 aromatic carbocycles. The normalized spacial score (nSPS) is 19.5. The van der Waals surface area contributed by atoms with E-state index < -0.39 is 36.1 Å². The average Bonchev–Trinajstić information content (AvgIpc) is 2.86. The van der Waals surface area contributed by atoms with Crippen molar-refractivity contribution in [2.75, 3.05) is 13.7 Å². The van der Waals surface area contributed by atoms with Crippen molar-refractivity contribution in [1.82, 2.24) is 26.1 Å². The molecule has 0 spiro atoms. The van der Waals surface area contributed by atoms with E-state index in [1.807, 2.05) is 37.3 Å². The molecule has 4 N–H and O–H groups in total. The Morgan fingerprint density at radius 1 is 1.20 bits per heavy atom. The summed E-state index contributed by atoms with van der Waals surface area (Å²) >= 11 is 3.45. The summed E-state index contributed by atoms with van der Waals surface area (Å²) < 4.78 is 5.88. The number of hydrazine groups is 1. The molecule has 0 bridgehead atoms. The fraction of sp³-hybridized carbons (Fsp3) is 0.500. The van der Waals surface area contributed by atoms with Crippen LogP contribution in [0.1, 0.15) is 45.3 Å². The lowest BCUT2D eigenvalue weighted by Gasteiger charge is -2.35. The van der Waals surface area contributed by atoms with Crippen LogP contribution in [0.5, 0.6) is 0 Å². The number of carbonyl (C=O) groups excluding carboxylic acids is 3. The number of carbonyl (C=O) groups is 3. The van der Waals surface area contributed by atoms with Crippen molar-refractivity contribution in [1.29, 1.82) is 0 Å². The van der Waals surface area contributed by atoms with Gasteiger partial charge >= 0.3 is 0 Å². The van der Waals surface area contributed by atoms with Crippen molar-refractivity contribution in [3.8, 4) is 0 Å². The van der Waals surface area contributed by atoms with E-state index in [0.29, 0.717) is 19.4 Å². The number of rotatable bonds is 8. The van der Waals surface area contributed by atoms with Gasteiger partial charge in [0.15, 0.2) is 6.10 Å². The first-order chi connectivity index (χ1) is 16.6. The quantitative estimate of drug-likeness (QED) is 0.392. The van der Waals surface area contributed by atoms with Crippen LogP contribution in [0.15, 0.2) is 34.8 Å². The molecule has 0 radical (unpaired) electrons. The number of methoxy groups -OCH3 is 1. The smallest absolute Gasteiger partial charge is 0.258 e. The molecule has 1 fully saturated rings. The van der Waals surface area contributed by atoms with Crippen LogP contribution in [0.3, 0.4) is 0 Å². The fourth-order valence-electron chi connectivity index (χ4n) is 3.81. The molecule has 11 heteroatoms. The topological polar surface area (TPSA) is 133 Å². The second-order valence-electron chi connectivity index (χ2n) is 8.73. The van der Waals surface area contributed by atoms with Gasteiger partial charge in [0.2, 0.25) is 5.91 Å². The molecule has 2 heterocycles. The van der Waals surface area contributed by atoms with Gasteiger partial charge in [-0.05, 0) is 51.8 Å². The standard InChI is InChI=1S/C24H32BrN5O5/c1-13(18-10-8-16-7-9-17(25)12-20(16)28-18)26-22(32)19-6-5-11-30(29-19)24(34)14(2)27-23(33)21(31)15(3)35-4/h7-10,12-15,19,21,29,31H,5-6,11H2,1-4H3,(H,26,32)(H,27,33)/t13-,14+,15+,19+,21?/m1/s1. The summed E-state index contributed by atoms with van der Waals surface area (Å²) in [5.41, 5.74) is 4.53. The predicted molar refractivity (Wildman–Crippen MR) is 134 cm³/mol. The van der Waals surface area contributed by atoms with Gasteiger partial charge in [0, 0.05) is 23.5 Å². The second kappa shape index (κ2) is 11.9. The van der Waals surface area contributed by atoms with Crippen molar-refractivity contribution in [3.63, 3.8) is 0 Å². The first-order valence-electron chi connectivity index (χ1n) is 11.6. The largest absolute Gasteiger partial charge is 0.381 e. The summed E-state index contributed by atoms with van der Waals surface area (Å²) in [4.78, 5) is 42.6. The predicted octanol–water partition coefficient (Wildman–Crippen LogP) is 1.57.